The molecule has 6 heteroatoms. The lowest BCUT2D eigenvalue weighted by Crippen LogP contribution is -2.43. The lowest BCUT2D eigenvalue weighted by Gasteiger charge is -2.29. The zero-order valence-corrected chi connectivity index (χ0v) is 16.3. The fraction of sp³-hybridized carbons (Fsp3) is 0.318. The van der Waals surface area contributed by atoms with E-state index in [-0.39, 0.29) is 11.4 Å². The summed E-state index contributed by atoms with van der Waals surface area (Å²) in [6.45, 7) is 6.12. The van der Waals surface area contributed by atoms with E-state index in [1.54, 1.807) is 6.20 Å². The summed E-state index contributed by atoms with van der Waals surface area (Å²) >= 11 is 0. The molecule has 0 radical (unpaired) electrons. The highest BCUT2D eigenvalue weighted by Crippen LogP contribution is 2.29. The number of carbonyl (C=O) groups excluding carboxylic acids is 1. The second kappa shape index (κ2) is 7.46. The van der Waals surface area contributed by atoms with Crippen LogP contribution in [-0.4, -0.2) is 32.7 Å². The van der Waals surface area contributed by atoms with Gasteiger partial charge in [-0.2, -0.15) is 5.10 Å². The highest BCUT2D eigenvalue weighted by Gasteiger charge is 2.31. The number of urea groups is 1. The summed E-state index contributed by atoms with van der Waals surface area (Å²) in [5.41, 5.74) is 5.24. The summed E-state index contributed by atoms with van der Waals surface area (Å²) in [4.78, 5) is 19.1. The topological polar surface area (TPSA) is 73.9 Å². The number of carbonyl (C=O) groups is 1. The number of nitrogens with one attached hydrogen (secondary N) is 2. The van der Waals surface area contributed by atoms with Crippen LogP contribution in [-0.2, 0) is 19.5 Å². The van der Waals surface area contributed by atoms with Crippen LogP contribution in [0.25, 0.3) is 11.3 Å². The van der Waals surface area contributed by atoms with Crippen molar-refractivity contribution >= 4 is 6.03 Å². The molecular formula is C22H25N5O. The van der Waals surface area contributed by atoms with Crippen LogP contribution in [0, 0.1) is 5.41 Å². The minimum atomic E-state index is -0.0506. The van der Waals surface area contributed by atoms with Crippen molar-refractivity contribution in [1.29, 1.82) is 0 Å². The average Bonchev–Trinajstić information content (AvgIpc) is 3.06. The van der Waals surface area contributed by atoms with Gasteiger partial charge in [0.1, 0.15) is 0 Å². The van der Waals surface area contributed by atoms with Crippen molar-refractivity contribution in [3.63, 3.8) is 0 Å². The minimum absolute atomic E-state index is 0.00593. The van der Waals surface area contributed by atoms with Crippen LogP contribution in [0.2, 0.25) is 0 Å². The first-order valence-electron chi connectivity index (χ1n) is 9.54. The van der Waals surface area contributed by atoms with Gasteiger partial charge in [0.15, 0.2) is 0 Å². The molecule has 28 heavy (non-hydrogen) atoms. The molecule has 0 bridgehead atoms. The molecule has 2 aromatic heterocycles. The number of amides is 2. The van der Waals surface area contributed by atoms with Gasteiger partial charge in [-0.05, 0) is 35.6 Å². The second-order valence-electron chi connectivity index (χ2n) is 8.14. The molecule has 3 aromatic rings. The highest BCUT2D eigenvalue weighted by molar-refractivity contribution is 5.74. The number of H-pyrrole nitrogens is 1. The maximum absolute atomic E-state index is 12.9. The first kappa shape index (κ1) is 18.2. The summed E-state index contributed by atoms with van der Waals surface area (Å²) in [5.74, 6) is 0. The molecule has 144 valence electrons. The largest absolute Gasteiger partial charge is 0.334 e. The predicted molar refractivity (Wildman–Crippen MR) is 108 cm³/mol. The van der Waals surface area contributed by atoms with Crippen molar-refractivity contribution in [2.45, 2.75) is 33.4 Å². The minimum Gasteiger partial charge on any atom is -0.334 e. The van der Waals surface area contributed by atoms with Crippen molar-refractivity contribution < 1.29 is 4.79 Å². The molecule has 0 saturated heterocycles. The third-order valence-corrected chi connectivity index (χ3v) is 5.06. The first-order valence-corrected chi connectivity index (χ1v) is 9.54. The second-order valence-corrected chi connectivity index (χ2v) is 8.14. The maximum atomic E-state index is 12.9. The van der Waals surface area contributed by atoms with E-state index < -0.39 is 0 Å². The Bertz CT molecular complexity index is 964. The summed E-state index contributed by atoms with van der Waals surface area (Å²) in [6.07, 6.45) is 4.50. The van der Waals surface area contributed by atoms with Gasteiger partial charge in [0.2, 0.25) is 0 Å². The number of nitrogens with zero attached hydrogens (tertiary/aromatic N) is 3. The number of benzene rings is 1. The molecule has 0 atom stereocenters. The Morgan fingerprint density at radius 2 is 2.14 bits per heavy atom. The van der Waals surface area contributed by atoms with Crippen molar-refractivity contribution in [2.24, 2.45) is 5.41 Å². The molecule has 0 aliphatic carbocycles. The molecule has 1 aromatic carbocycles. The van der Waals surface area contributed by atoms with Gasteiger partial charge in [-0.3, -0.25) is 10.1 Å². The highest BCUT2D eigenvalue weighted by atomic mass is 16.2. The molecule has 4 rings (SSSR count). The molecule has 0 spiro atoms. The van der Waals surface area contributed by atoms with Gasteiger partial charge in [0, 0.05) is 36.1 Å². The molecule has 0 saturated carbocycles. The summed E-state index contributed by atoms with van der Waals surface area (Å²) in [7, 11) is 0. The number of aromatic nitrogens is 3. The Hall–Kier alpha value is -3.15. The Kier molecular flexibility index (Phi) is 4.86. The lowest BCUT2D eigenvalue weighted by atomic mass is 9.88. The fourth-order valence-corrected chi connectivity index (χ4v) is 3.75. The van der Waals surface area contributed by atoms with Crippen LogP contribution < -0.4 is 5.32 Å². The van der Waals surface area contributed by atoms with Crippen LogP contribution in [0.15, 0.2) is 54.9 Å². The van der Waals surface area contributed by atoms with E-state index in [9.17, 15) is 4.79 Å². The molecule has 1 aliphatic rings. The van der Waals surface area contributed by atoms with Crippen molar-refractivity contribution in [3.05, 3.63) is 71.7 Å². The number of rotatable bonds is 3. The van der Waals surface area contributed by atoms with Crippen LogP contribution in [0.1, 0.15) is 30.7 Å². The van der Waals surface area contributed by atoms with E-state index in [1.165, 1.54) is 0 Å². The van der Waals surface area contributed by atoms with Crippen LogP contribution in [0.5, 0.6) is 0 Å². The maximum Gasteiger partial charge on any atom is 0.317 e. The molecule has 0 fully saturated rings. The number of hydrogen-bond acceptors (Lipinski definition) is 3. The van der Waals surface area contributed by atoms with E-state index in [0.29, 0.717) is 19.6 Å². The number of pyridine rings is 1. The molecule has 0 unspecified atom stereocenters. The van der Waals surface area contributed by atoms with Gasteiger partial charge in [-0.15, -0.1) is 0 Å². The molecule has 6 nitrogen and oxygen atoms in total. The summed E-state index contributed by atoms with van der Waals surface area (Å²) in [5, 5.41) is 10.3. The van der Waals surface area contributed by atoms with Gasteiger partial charge in [0.05, 0.1) is 18.4 Å². The third-order valence-electron chi connectivity index (χ3n) is 5.06. The number of aromatic amines is 1. The first-order chi connectivity index (χ1) is 13.5. The van der Waals surface area contributed by atoms with E-state index in [0.717, 1.165) is 34.5 Å². The zero-order chi connectivity index (χ0) is 19.6. The Morgan fingerprint density at radius 1 is 1.25 bits per heavy atom. The monoisotopic (exact) mass is 375 g/mol. The van der Waals surface area contributed by atoms with Crippen LogP contribution in [0.3, 0.4) is 0 Å². The standard InChI is InChI=1S/C22H25N5O/c1-22(2)11-20-18(13-25-26-20)14-27(15-22)21(28)24-12-16-6-5-7-17(10-16)19-8-3-4-9-23-19/h3-10,13H,11-12,14-15H2,1-2H3,(H,24,28)(H,25,26). The molecule has 2 N–H and O–H groups in total. The number of fused-ring (bicyclic) bond motifs is 1. The van der Waals surface area contributed by atoms with Gasteiger partial charge in [0.25, 0.3) is 0 Å². The average molecular weight is 375 g/mol. The van der Waals surface area contributed by atoms with Gasteiger partial charge in [-0.1, -0.05) is 38.1 Å². The van der Waals surface area contributed by atoms with Crippen molar-refractivity contribution in [1.82, 2.24) is 25.4 Å². The summed E-state index contributed by atoms with van der Waals surface area (Å²) < 4.78 is 0. The molecule has 3 heterocycles. The molecule has 1 aliphatic heterocycles. The van der Waals surface area contributed by atoms with Gasteiger partial charge >= 0.3 is 6.03 Å². The SMILES string of the molecule is CC1(C)Cc2[nH]ncc2CN(C(=O)NCc2cccc(-c3ccccn3)c2)C1. The van der Waals surface area contributed by atoms with E-state index in [1.807, 2.05) is 47.5 Å². The Morgan fingerprint density at radius 3 is 2.96 bits per heavy atom. The van der Waals surface area contributed by atoms with Crippen molar-refractivity contribution in [3.8, 4) is 11.3 Å². The number of hydrogen-bond donors (Lipinski definition) is 2. The molecular weight excluding hydrogens is 350 g/mol. The van der Waals surface area contributed by atoms with Crippen LogP contribution in [0.4, 0.5) is 4.79 Å². The quantitative estimate of drug-likeness (QED) is 0.732. The smallest absolute Gasteiger partial charge is 0.317 e. The summed E-state index contributed by atoms with van der Waals surface area (Å²) in [6, 6.07) is 13.9. The normalized spacial score (nSPS) is 15.6. The molecule has 2 amide bonds. The van der Waals surface area contributed by atoms with E-state index in [2.05, 4.69) is 40.4 Å². The lowest BCUT2D eigenvalue weighted by molar-refractivity contribution is 0.168. The zero-order valence-electron chi connectivity index (χ0n) is 16.3. The Balaban J connectivity index is 1.45. The van der Waals surface area contributed by atoms with E-state index in [4.69, 9.17) is 0 Å². The van der Waals surface area contributed by atoms with Gasteiger partial charge < -0.3 is 10.2 Å². The fourth-order valence-electron chi connectivity index (χ4n) is 3.75. The van der Waals surface area contributed by atoms with Gasteiger partial charge in [-0.25, -0.2) is 4.79 Å². The van der Waals surface area contributed by atoms with E-state index >= 15 is 0 Å². The Labute approximate surface area is 165 Å². The van der Waals surface area contributed by atoms with Crippen molar-refractivity contribution in [2.75, 3.05) is 6.54 Å². The third kappa shape index (κ3) is 4.06. The predicted octanol–water partition coefficient (Wildman–Crippen LogP) is 3.77. The van der Waals surface area contributed by atoms with Crippen LogP contribution >= 0.6 is 0 Å².